The largest absolute Gasteiger partial charge is 0.497 e. The van der Waals surface area contributed by atoms with E-state index >= 15 is 0 Å². The van der Waals surface area contributed by atoms with Gasteiger partial charge < -0.3 is 20.7 Å². The summed E-state index contributed by atoms with van der Waals surface area (Å²) in [5.74, 6) is -0.425. The van der Waals surface area contributed by atoms with E-state index in [4.69, 9.17) is 4.74 Å². The van der Waals surface area contributed by atoms with Crippen molar-refractivity contribution >= 4 is 17.7 Å². The quantitative estimate of drug-likeness (QED) is 0.664. The molecule has 0 radical (unpaired) electrons. The number of hydrogen-bond acceptors (Lipinski definition) is 4. The number of benzene rings is 1. The summed E-state index contributed by atoms with van der Waals surface area (Å²) in [5, 5.41) is 7.59. The fraction of sp³-hybridized carbons (Fsp3) is 0.400. The van der Waals surface area contributed by atoms with Gasteiger partial charge in [-0.05, 0) is 38.1 Å². The SMILES string of the molecule is CCNC(=O)[C@@H](C)NC(=O)CNC(=O)c1ccc(OC)cc1. The zero-order chi connectivity index (χ0) is 16.5. The van der Waals surface area contributed by atoms with Gasteiger partial charge in [-0.3, -0.25) is 14.4 Å². The highest BCUT2D eigenvalue weighted by molar-refractivity contribution is 5.97. The Bertz CT molecular complexity index is 528. The standard InChI is InChI=1S/C15H21N3O4/c1-4-16-14(20)10(2)18-13(19)9-17-15(21)11-5-7-12(22-3)8-6-11/h5-8,10H,4,9H2,1-3H3,(H,16,20)(H,17,21)(H,18,19)/t10-/m1/s1. The van der Waals surface area contributed by atoms with E-state index in [9.17, 15) is 14.4 Å². The summed E-state index contributed by atoms with van der Waals surface area (Å²) >= 11 is 0. The Kier molecular flexibility index (Phi) is 6.88. The lowest BCUT2D eigenvalue weighted by molar-refractivity contribution is -0.128. The smallest absolute Gasteiger partial charge is 0.251 e. The molecule has 7 heteroatoms. The van der Waals surface area contributed by atoms with Crippen LogP contribution in [-0.4, -0.2) is 44.0 Å². The molecule has 0 saturated carbocycles. The van der Waals surface area contributed by atoms with Crippen LogP contribution < -0.4 is 20.7 Å². The highest BCUT2D eigenvalue weighted by Gasteiger charge is 2.15. The Morgan fingerprint density at radius 2 is 1.77 bits per heavy atom. The Morgan fingerprint density at radius 1 is 1.14 bits per heavy atom. The fourth-order valence-electron chi connectivity index (χ4n) is 1.69. The van der Waals surface area contributed by atoms with Gasteiger partial charge in [0.05, 0.1) is 13.7 Å². The van der Waals surface area contributed by atoms with Gasteiger partial charge in [0, 0.05) is 12.1 Å². The minimum Gasteiger partial charge on any atom is -0.497 e. The molecule has 0 aliphatic rings. The van der Waals surface area contributed by atoms with Crippen molar-refractivity contribution in [2.45, 2.75) is 19.9 Å². The fourth-order valence-corrected chi connectivity index (χ4v) is 1.69. The monoisotopic (exact) mass is 307 g/mol. The maximum atomic E-state index is 11.9. The van der Waals surface area contributed by atoms with Crippen LogP contribution in [0.2, 0.25) is 0 Å². The van der Waals surface area contributed by atoms with Crippen molar-refractivity contribution in [2.75, 3.05) is 20.2 Å². The molecule has 1 rings (SSSR count). The van der Waals surface area contributed by atoms with E-state index in [2.05, 4.69) is 16.0 Å². The summed E-state index contributed by atoms with van der Waals surface area (Å²) in [7, 11) is 1.54. The van der Waals surface area contributed by atoms with E-state index in [1.54, 1.807) is 38.1 Å². The normalized spacial score (nSPS) is 11.2. The number of methoxy groups -OCH3 is 1. The number of nitrogens with one attached hydrogen (secondary N) is 3. The number of carbonyl (C=O) groups is 3. The van der Waals surface area contributed by atoms with E-state index in [0.29, 0.717) is 17.9 Å². The predicted molar refractivity (Wildman–Crippen MR) is 81.6 cm³/mol. The second-order valence-corrected chi connectivity index (χ2v) is 4.59. The molecule has 3 amide bonds. The Labute approximate surface area is 129 Å². The van der Waals surface area contributed by atoms with Crippen molar-refractivity contribution in [3.8, 4) is 5.75 Å². The third kappa shape index (κ3) is 5.43. The third-order valence-electron chi connectivity index (χ3n) is 2.88. The first kappa shape index (κ1) is 17.5. The molecule has 7 nitrogen and oxygen atoms in total. The van der Waals surface area contributed by atoms with Crippen molar-refractivity contribution in [3.05, 3.63) is 29.8 Å². The van der Waals surface area contributed by atoms with Gasteiger partial charge in [-0.1, -0.05) is 0 Å². The number of amides is 3. The molecule has 0 spiro atoms. The van der Waals surface area contributed by atoms with Crippen molar-refractivity contribution in [1.82, 2.24) is 16.0 Å². The van der Waals surface area contributed by atoms with Gasteiger partial charge in [0.25, 0.3) is 5.91 Å². The maximum Gasteiger partial charge on any atom is 0.251 e. The van der Waals surface area contributed by atoms with Gasteiger partial charge in [0.15, 0.2) is 0 Å². The zero-order valence-electron chi connectivity index (χ0n) is 12.9. The average molecular weight is 307 g/mol. The molecule has 0 aromatic heterocycles. The molecule has 0 heterocycles. The first-order chi connectivity index (χ1) is 10.5. The van der Waals surface area contributed by atoms with Crippen molar-refractivity contribution in [1.29, 1.82) is 0 Å². The summed E-state index contributed by atoms with van der Waals surface area (Å²) in [5.41, 5.74) is 0.422. The highest BCUT2D eigenvalue weighted by atomic mass is 16.5. The van der Waals surface area contributed by atoms with E-state index < -0.39 is 11.9 Å². The topological polar surface area (TPSA) is 96.5 Å². The molecule has 120 valence electrons. The number of likely N-dealkylation sites (N-methyl/N-ethyl adjacent to an activating group) is 1. The van der Waals surface area contributed by atoms with Crippen LogP contribution in [0, 0.1) is 0 Å². The number of carbonyl (C=O) groups excluding carboxylic acids is 3. The molecular weight excluding hydrogens is 286 g/mol. The van der Waals surface area contributed by atoms with Gasteiger partial charge in [-0.25, -0.2) is 0 Å². The second kappa shape index (κ2) is 8.66. The molecule has 0 fully saturated rings. The van der Waals surface area contributed by atoms with E-state index in [0.717, 1.165) is 0 Å². The predicted octanol–water partition coefficient (Wildman–Crippen LogP) is 0.0658. The third-order valence-corrected chi connectivity index (χ3v) is 2.88. The molecule has 3 N–H and O–H groups in total. The lowest BCUT2D eigenvalue weighted by Gasteiger charge is -2.13. The van der Waals surface area contributed by atoms with Gasteiger partial charge in [0.1, 0.15) is 11.8 Å². The van der Waals surface area contributed by atoms with E-state index in [1.165, 1.54) is 7.11 Å². The average Bonchev–Trinajstić information content (AvgIpc) is 2.52. The lowest BCUT2D eigenvalue weighted by Crippen LogP contribution is -2.47. The molecule has 0 aliphatic carbocycles. The zero-order valence-corrected chi connectivity index (χ0v) is 12.9. The number of hydrogen-bond donors (Lipinski definition) is 3. The first-order valence-electron chi connectivity index (χ1n) is 6.97. The van der Waals surface area contributed by atoms with Crippen LogP contribution >= 0.6 is 0 Å². The first-order valence-corrected chi connectivity index (χ1v) is 6.97. The minimum absolute atomic E-state index is 0.200. The number of ether oxygens (including phenoxy) is 1. The van der Waals surface area contributed by atoms with Crippen LogP contribution in [0.3, 0.4) is 0 Å². The Hall–Kier alpha value is -2.57. The number of rotatable bonds is 7. The van der Waals surface area contributed by atoms with Gasteiger partial charge >= 0.3 is 0 Å². The van der Waals surface area contributed by atoms with E-state index in [1.807, 2.05) is 0 Å². The van der Waals surface area contributed by atoms with E-state index in [-0.39, 0.29) is 18.4 Å². The summed E-state index contributed by atoms with van der Waals surface area (Å²) in [4.78, 5) is 35.0. The lowest BCUT2D eigenvalue weighted by atomic mass is 10.2. The van der Waals surface area contributed by atoms with Crippen molar-refractivity contribution < 1.29 is 19.1 Å². The van der Waals surface area contributed by atoms with Crippen molar-refractivity contribution in [2.24, 2.45) is 0 Å². The molecule has 0 aliphatic heterocycles. The molecular formula is C15H21N3O4. The second-order valence-electron chi connectivity index (χ2n) is 4.59. The molecule has 0 bridgehead atoms. The Balaban J connectivity index is 2.42. The summed E-state index contributed by atoms with van der Waals surface area (Å²) in [6.45, 7) is 3.66. The van der Waals surface area contributed by atoms with Crippen LogP contribution in [-0.2, 0) is 9.59 Å². The van der Waals surface area contributed by atoms with Crippen LogP contribution in [0.5, 0.6) is 5.75 Å². The van der Waals surface area contributed by atoms with Gasteiger partial charge in [-0.2, -0.15) is 0 Å². The van der Waals surface area contributed by atoms with Crippen LogP contribution in [0.1, 0.15) is 24.2 Å². The molecule has 0 saturated heterocycles. The molecule has 22 heavy (non-hydrogen) atoms. The summed E-state index contributed by atoms with van der Waals surface area (Å²) in [6.07, 6.45) is 0. The van der Waals surface area contributed by atoms with Crippen molar-refractivity contribution in [3.63, 3.8) is 0 Å². The summed E-state index contributed by atoms with van der Waals surface area (Å²) < 4.78 is 5.00. The molecule has 1 atom stereocenters. The van der Waals surface area contributed by atoms with Crippen LogP contribution in [0.15, 0.2) is 24.3 Å². The molecule has 1 aromatic rings. The highest BCUT2D eigenvalue weighted by Crippen LogP contribution is 2.10. The van der Waals surface area contributed by atoms with Crippen LogP contribution in [0.4, 0.5) is 0 Å². The maximum absolute atomic E-state index is 11.9. The van der Waals surface area contributed by atoms with Crippen LogP contribution in [0.25, 0.3) is 0 Å². The Morgan fingerprint density at radius 3 is 2.32 bits per heavy atom. The van der Waals surface area contributed by atoms with Gasteiger partial charge in [-0.15, -0.1) is 0 Å². The molecule has 0 unspecified atom stereocenters. The summed E-state index contributed by atoms with van der Waals surface area (Å²) in [6, 6.07) is 5.87. The van der Waals surface area contributed by atoms with Gasteiger partial charge in [0.2, 0.25) is 11.8 Å². The molecule has 1 aromatic carbocycles. The minimum atomic E-state index is -0.648.